The van der Waals surface area contributed by atoms with Crippen molar-refractivity contribution in [3.8, 4) is 11.5 Å². The number of ether oxygens (including phenoxy) is 2. The molecule has 0 aliphatic heterocycles. The predicted molar refractivity (Wildman–Crippen MR) is 94.5 cm³/mol. The van der Waals surface area contributed by atoms with E-state index in [4.69, 9.17) is 15.2 Å². The van der Waals surface area contributed by atoms with Crippen molar-refractivity contribution in [1.29, 1.82) is 0 Å². The van der Waals surface area contributed by atoms with E-state index in [0.717, 1.165) is 4.90 Å². The highest BCUT2D eigenvalue weighted by molar-refractivity contribution is 5.97. The minimum absolute atomic E-state index is 0.00806. The summed E-state index contributed by atoms with van der Waals surface area (Å²) in [6, 6.07) is 3.11. The van der Waals surface area contributed by atoms with E-state index in [2.05, 4.69) is 5.32 Å². The van der Waals surface area contributed by atoms with Gasteiger partial charge in [-0.25, -0.2) is 4.79 Å². The summed E-state index contributed by atoms with van der Waals surface area (Å²) in [7, 11) is 1.36. The predicted octanol–water partition coefficient (Wildman–Crippen LogP) is -0.389. The highest BCUT2D eigenvalue weighted by atomic mass is 16.5. The summed E-state index contributed by atoms with van der Waals surface area (Å²) >= 11 is 0. The smallest absolute Gasteiger partial charge is 0.326 e. The molecule has 0 aromatic heterocycles. The number of benzene rings is 1. The second-order valence-corrected chi connectivity index (χ2v) is 5.62. The first-order valence-corrected chi connectivity index (χ1v) is 8.04. The van der Waals surface area contributed by atoms with Crippen molar-refractivity contribution in [3.63, 3.8) is 0 Å². The molecule has 1 unspecified atom stereocenters. The van der Waals surface area contributed by atoms with Crippen molar-refractivity contribution in [2.24, 2.45) is 5.73 Å². The third kappa shape index (κ3) is 6.49. The number of carbonyl (C=O) groups excluding carboxylic acids is 3. The third-order valence-corrected chi connectivity index (χ3v) is 3.59. The summed E-state index contributed by atoms with van der Waals surface area (Å²) in [6.07, 6.45) is 0. The van der Waals surface area contributed by atoms with Crippen LogP contribution in [0, 0.1) is 0 Å². The van der Waals surface area contributed by atoms with Gasteiger partial charge in [0.1, 0.15) is 6.04 Å². The van der Waals surface area contributed by atoms with Crippen molar-refractivity contribution < 1.29 is 33.8 Å². The van der Waals surface area contributed by atoms with Gasteiger partial charge in [-0.3, -0.25) is 14.4 Å². The Hall–Kier alpha value is -3.30. The molecule has 1 aromatic rings. The van der Waals surface area contributed by atoms with Crippen LogP contribution in [0.15, 0.2) is 18.2 Å². The first kappa shape index (κ1) is 21.7. The van der Waals surface area contributed by atoms with Crippen molar-refractivity contribution in [2.45, 2.75) is 19.9 Å². The summed E-state index contributed by atoms with van der Waals surface area (Å²) in [5.74, 6) is -2.30. The van der Waals surface area contributed by atoms with Crippen LogP contribution in [0.1, 0.15) is 24.2 Å². The maximum Gasteiger partial charge on any atom is 0.326 e. The lowest BCUT2D eigenvalue weighted by molar-refractivity contribution is -0.141. The van der Waals surface area contributed by atoms with Gasteiger partial charge >= 0.3 is 5.97 Å². The number of carbonyl (C=O) groups is 4. The Morgan fingerprint density at radius 1 is 1.26 bits per heavy atom. The average molecular weight is 381 g/mol. The molecule has 1 rings (SSSR count). The molecule has 0 radical (unpaired) electrons. The number of rotatable bonds is 10. The molecule has 3 amide bonds. The minimum Gasteiger partial charge on any atom is -0.493 e. The standard InChI is InChI=1S/C17H23N3O7/c1-10(17(24)25)20(7-6-19-11(2)21)16(23)12-4-5-13(14(8-12)26-3)27-9-15(18)22/h4-5,8,10H,6-7,9H2,1-3H3,(H2,18,22)(H,19,21)(H,24,25). The Morgan fingerprint density at radius 3 is 2.44 bits per heavy atom. The zero-order valence-electron chi connectivity index (χ0n) is 15.4. The van der Waals surface area contributed by atoms with E-state index in [9.17, 15) is 24.3 Å². The van der Waals surface area contributed by atoms with Crippen LogP contribution in [0.4, 0.5) is 0 Å². The lowest BCUT2D eigenvalue weighted by Gasteiger charge is -2.27. The number of methoxy groups -OCH3 is 1. The molecule has 0 aliphatic rings. The summed E-state index contributed by atoms with van der Waals surface area (Å²) in [4.78, 5) is 47.1. The fraction of sp³-hybridized carbons (Fsp3) is 0.412. The molecule has 1 aromatic carbocycles. The molecule has 4 N–H and O–H groups in total. The molecule has 0 spiro atoms. The number of primary amides is 1. The first-order valence-electron chi connectivity index (χ1n) is 8.04. The van der Waals surface area contributed by atoms with Crippen molar-refractivity contribution in [2.75, 3.05) is 26.8 Å². The minimum atomic E-state index is -1.18. The molecule has 0 aliphatic carbocycles. The van der Waals surface area contributed by atoms with Gasteiger partial charge in [-0.2, -0.15) is 0 Å². The van der Waals surface area contributed by atoms with Crippen LogP contribution in [0.5, 0.6) is 11.5 Å². The molecule has 0 saturated heterocycles. The summed E-state index contributed by atoms with van der Waals surface area (Å²) in [5, 5.41) is 11.8. The van der Waals surface area contributed by atoms with E-state index in [1.807, 2.05) is 0 Å². The molecule has 1 atom stereocenters. The number of nitrogens with zero attached hydrogens (tertiary/aromatic N) is 1. The van der Waals surface area contributed by atoms with E-state index in [1.165, 1.54) is 39.2 Å². The Morgan fingerprint density at radius 2 is 1.93 bits per heavy atom. The van der Waals surface area contributed by atoms with Crippen LogP contribution in [0.25, 0.3) is 0 Å². The number of hydrogen-bond donors (Lipinski definition) is 3. The van der Waals surface area contributed by atoms with Gasteiger partial charge in [-0.05, 0) is 25.1 Å². The molecular weight excluding hydrogens is 358 g/mol. The molecule has 0 bridgehead atoms. The van der Waals surface area contributed by atoms with Crippen LogP contribution in [-0.4, -0.2) is 66.5 Å². The number of nitrogens with one attached hydrogen (secondary N) is 1. The zero-order valence-corrected chi connectivity index (χ0v) is 15.4. The van der Waals surface area contributed by atoms with Gasteiger partial charge in [0.25, 0.3) is 11.8 Å². The average Bonchev–Trinajstić information content (AvgIpc) is 2.61. The Kier molecular flexibility index (Phi) is 8.05. The quantitative estimate of drug-likeness (QED) is 0.500. The van der Waals surface area contributed by atoms with Gasteiger partial charge in [0.2, 0.25) is 5.91 Å². The molecular formula is C17H23N3O7. The lowest BCUT2D eigenvalue weighted by atomic mass is 10.1. The van der Waals surface area contributed by atoms with Crippen LogP contribution in [0.2, 0.25) is 0 Å². The number of carboxylic acid groups (broad SMARTS) is 1. The van der Waals surface area contributed by atoms with Gasteiger partial charge in [-0.1, -0.05) is 0 Å². The van der Waals surface area contributed by atoms with Crippen LogP contribution in [0.3, 0.4) is 0 Å². The molecule has 0 heterocycles. The van der Waals surface area contributed by atoms with E-state index in [1.54, 1.807) is 0 Å². The fourth-order valence-corrected chi connectivity index (χ4v) is 2.19. The summed E-state index contributed by atoms with van der Waals surface area (Å²) < 4.78 is 10.3. The van der Waals surface area contributed by atoms with E-state index in [-0.39, 0.29) is 42.7 Å². The summed E-state index contributed by atoms with van der Waals surface area (Å²) in [6.45, 7) is 2.45. The highest BCUT2D eigenvalue weighted by Crippen LogP contribution is 2.28. The van der Waals surface area contributed by atoms with Crippen molar-refractivity contribution in [1.82, 2.24) is 10.2 Å². The molecule has 10 nitrogen and oxygen atoms in total. The molecule has 10 heteroatoms. The van der Waals surface area contributed by atoms with Crippen molar-refractivity contribution >= 4 is 23.7 Å². The zero-order chi connectivity index (χ0) is 20.6. The first-order chi connectivity index (χ1) is 12.7. The lowest BCUT2D eigenvalue weighted by Crippen LogP contribution is -2.46. The Balaban J connectivity index is 3.06. The Labute approximate surface area is 156 Å². The van der Waals surface area contributed by atoms with Crippen LogP contribution in [-0.2, 0) is 14.4 Å². The van der Waals surface area contributed by atoms with Gasteiger partial charge in [0, 0.05) is 25.6 Å². The monoisotopic (exact) mass is 381 g/mol. The normalized spacial score (nSPS) is 11.2. The van der Waals surface area contributed by atoms with Crippen LogP contribution >= 0.6 is 0 Å². The largest absolute Gasteiger partial charge is 0.493 e. The number of amides is 3. The number of hydrogen-bond acceptors (Lipinski definition) is 6. The van der Waals surface area contributed by atoms with E-state index >= 15 is 0 Å². The second kappa shape index (κ2) is 10.00. The summed E-state index contributed by atoms with van der Waals surface area (Å²) in [5.41, 5.74) is 5.19. The number of carboxylic acids is 1. The van der Waals surface area contributed by atoms with Gasteiger partial charge in [-0.15, -0.1) is 0 Å². The van der Waals surface area contributed by atoms with E-state index < -0.39 is 23.8 Å². The topological polar surface area (TPSA) is 148 Å². The fourth-order valence-electron chi connectivity index (χ4n) is 2.19. The molecule has 27 heavy (non-hydrogen) atoms. The Bertz CT molecular complexity index is 720. The van der Waals surface area contributed by atoms with Gasteiger partial charge in [0.15, 0.2) is 18.1 Å². The van der Waals surface area contributed by atoms with Crippen LogP contribution < -0.4 is 20.5 Å². The maximum absolute atomic E-state index is 12.8. The number of nitrogens with two attached hydrogens (primary N) is 1. The third-order valence-electron chi connectivity index (χ3n) is 3.59. The molecule has 0 fully saturated rings. The van der Waals surface area contributed by atoms with Crippen molar-refractivity contribution in [3.05, 3.63) is 23.8 Å². The second-order valence-electron chi connectivity index (χ2n) is 5.62. The molecule has 148 valence electrons. The molecule has 0 saturated carbocycles. The number of aliphatic carboxylic acids is 1. The maximum atomic E-state index is 12.8. The van der Waals surface area contributed by atoms with Gasteiger partial charge in [0.05, 0.1) is 7.11 Å². The highest BCUT2D eigenvalue weighted by Gasteiger charge is 2.27. The van der Waals surface area contributed by atoms with E-state index in [0.29, 0.717) is 0 Å². The SMILES string of the molecule is COc1cc(C(=O)N(CCNC(C)=O)C(C)C(=O)O)ccc1OCC(N)=O. The van der Waals surface area contributed by atoms with Gasteiger partial charge < -0.3 is 30.5 Å².